The SMILES string of the molecule is CCC(=O)N(Cc1ccc(C)cc1)C(C)C(=O)NC(C)(C)C. The standard InChI is InChI=1S/C18H28N2O2/c1-7-16(21)20(12-15-10-8-13(2)9-11-15)14(3)17(22)19-18(4,5)6/h8-11,14H,7,12H2,1-6H3,(H,19,22). The molecule has 0 radical (unpaired) electrons. The lowest BCUT2D eigenvalue weighted by Crippen LogP contribution is -2.52. The minimum absolute atomic E-state index is 0.0165. The van der Waals surface area contributed by atoms with Gasteiger partial charge in [0.05, 0.1) is 0 Å². The molecule has 1 unspecified atom stereocenters. The van der Waals surface area contributed by atoms with Crippen molar-refractivity contribution in [3.63, 3.8) is 0 Å². The van der Waals surface area contributed by atoms with Crippen molar-refractivity contribution in [2.24, 2.45) is 0 Å². The predicted octanol–water partition coefficient (Wildman–Crippen LogP) is 3.04. The molecule has 1 N–H and O–H groups in total. The van der Waals surface area contributed by atoms with E-state index >= 15 is 0 Å². The Morgan fingerprint density at radius 1 is 1.18 bits per heavy atom. The number of nitrogens with one attached hydrogen (secondary N) is 1. The van der Waals surface area contributed by atoms with Crippen LogP contribution < -0.4 is 5.32 Å². The zero-order valence-corrected chi connectivity index (χ0v) is 14.6. The lowest BCUT2D eigenvalue weighted by atomic mass is 10.1. The highest BCUT2D eigenvalue weighted by atomic mass is 16.2. The summed E-state index contributed by atoms with van der Waals surface area (Å²) in [6.07, 6.45) is 0.388. The summed E-state index contributed by atoms with van der Waals surface area (Å²) in [5.74, 6) is -0.140. The van der Waals surface area contributed by atoms with Gasteiger partial charge >= 0.3 is 0 Å². The monoisotopic (exact) mass is 304 g/mol. The summed E-state index contributed by atoms with van der Waals surface area (Å²) in [7, 11) is 0. The summed E-state index contributed by atoms with van der Waals surface area (Å²) in [5.41, 5.74) is 1.90. The van der Waals surface area contributed by atoms with E-state index in [0.29, 0.717) is 13.0 Å². The highest BCUT2D eigenvalue weighted by Crippen LogP contribution is 2.13. The normalized spacial score (nSPS) is 12.6. The Hall–Kier alpha value is -1.84. The van der Waals surface area contributed by atoms with Gasteiger partial charge in [0.25, 0.3) is 0 Å². The van der Waals surface area contributed by atoms with E-state index in [1.54, 1.807) is 11.8 Å². The lowest BCUT2D eigenvalue weighted by Gasteiger charge is -2.31. The number of carbonyl (C=O) groups excluding carboxylic acids is 2. The largest absolute Gasteiger partial charge is 0.350 e. The van der Waals surface area contributed by atoms with Gasteiger partial charge in [-0.05, 0) is 40.2 Å². The van der Waals surface area contributed by atoms with Crippen LogP contribution in [-0.2, 0) is 16.1 Å². The number of amides is 2. The van der Waals surface area contributed by atoms with Crippen molar-refractivity contribution in [2.75, 3.05) is 0 Å². The second-order valence-electron chi connectivity index (χ2n) is 6.78. The van der Waals surface area contributed by atoms with Crippen LogP contribution in [-0.4, -0.2) is 28.3 Å². The Morgan fingerprint density at radius 2 is 1.73 bits per heavy atom. The number of hydrogen-bond donors (Lipinski definition) is 1. The van der Waals surface area contributed by atoms with Crippen molar-refractivity contribution in [2.45, 2.75) is 66.1 Å². The Bertz CT molecular complexity index is 515. The van der Waals surface area contributed by atoms with Crippen molar-refractivity contribution in [3.8, 4) is 0 Å². The lowest BCUT2D eigenvalue weighted by molar-refractivity contribution is -0.141. The first-order valence-corrected chi connectivity index (χ1v) is 7.81. The number of rotatable bonds is 5. The van der Waals surface area contributed by atoms with E-state index in [0.717, 1.165) is 5.56 Å². The summed E-state index contributed by atoms with van der Waals surface area (Å²) < 4.78 is 0. The zero-order chi connectivity index (χ0) is 16.9. The molecule has 4 nitrogen and oxygen atoms in total. The van der Waals surface area contributed by atoms with Crippen LogP contribution in [0.3, 0.4) is 0 Å². The molecule has 0 aliphatic rings. The molecule has 1 aromatic rings. The van der Waals surface area contributed by atoms with E-state index in [4.69, 9.17) is 0 Å². The van der Waals surface area contributed by atoms with E-state index in [-0.39, 0.29) is 17.4 Å². The Kier molecular flexibility index (Phi) is 6.15. The first kappa shape index (κ1) is 18.2. The molecule has 0 fully saturated rings. The zero-order valence-electron chi connectivity index (χ0n) is 14.6. The van der Waals surface area contributed by atoms with Crippen molar-refractivity contribution in [1.82, 2.24) is 10.2 Å². The molecule has 0 aliphatic heterocycles. The Morgan fingerprint density at radius 3 is 2.18 bits per heavy atom. The highest BCUT2D eigenvalue weighted by Gasteiger charge is 2.27. The third kappa shape index (κ3) is 5.51. The Balaban J connectivity index is 2.90. The average molecular weight is 304 g/mol. The van der Waals surface area contributed by atoms with Crippen molar-refractivity contribution in [3.05, 3.63) is 35.4 Å². The van der Waals surface area contributed by atoms with Crippen LogP contribution in [0.5, 0.6) is 0 Å². The van der Waals surface area contributed by atoms with Crippen molar-refractivity contribution < 1.29 is 9.59 Å². The maximum absolute atomic E-state index is 12.4. The molecule has 2 amide bonds. The fraction of sp³-hybridized carbons (Fsp3) is 0.556. The fourth-order valence-electron chi connectivity index (χ4n) is 2.15. The predicted molar refractivity (Wildman–Crippen MR) is 89.4 cm³/mol. The van der Waals surface area contributed by atoms with E-state index in [2.05, 4.69) is 5.32 Å². The van der Waals surface area contributed by atoms with Crippen molar-refractivity contribution in [1.29, 1.82) is 0 Å². The van der Waals surface area contributed by atoms with Crippen LogP contribution in [0.4, 0.5) is 0 Å². The summed E-state index contributed by atoms with van der Waals surface area (Å²) in [6.45, 7) is 11.9. The Labute approximate surface area is 133 Å². The van der Waals surface area contributed by atoms with E-state index in [1.165, 1.54) is 5.56 Å². The van der Waals surface area contributed by atoms with E-state index in [9.17, 15) is 9.59 Å². The van der Waals surface area contributed by atoms with Crippen LogP contribution in [0.15, 0.2) is 24.3 Å². The summed E-state index contributed by atoms with van der Waals surface area (Å²) in [5, 5.41) is 2.94. The molecular formula is C18H28N2O2. The van der Waals surface area contributed by atoms with Gasteiger partial charge in [-0.1, -0.05) is 36.8 Å². The molecule has 0 aromatic heterocycles. The van der Waals surface area contributed by atoms with Crippen molar-refractivity contribution >= 4 is 11.8 Å². The maximum Gasteiger partial charge on any atom is 0.242 e. The van der Waals surface area contributed by atoms with Gasteiger partial charge in [-0.25, -0.2) is 0 Å². The molecule has 0 spiro atoms. The smallest absolute Gasteiger partial charge is 0.242 e. The van der Waals surface area contributed by atoms with Gasteiger partial charge in [0.1, 0.15) is 6.04 Å². The fourth-order valence-corrected chi connectivity index (χ4v) is 2.15. The van der Waals surface area contributed by atoms with E-state index in [1.807, 2.05) is 58.9 Å². The molecule has 122 valence electrons. The van der Waals surface area contributed by atoms with Crippen LogP contribution in [0.1, 0.15) is 52.2 Å². The van der Waals surface area contributed by atoms with Crippen LogP contribution in [0, 0.1) is 6.92 Å². The average Bonchev–Trinajstić information content (AvgIpc) is 2.43. The van der Waals surface area contributed by atoms with Gasteiger partial charge in [0.15, 0.2) is 0 Å². The molecule has 22 heavy (non-hydrogen) atoms. The minimum Gasteiger partial charge on any atom is -0.350 e. The number of benzene rings is 1. The third-order valence-electron chi connectivity index (χ3n) is 3.44. The van der Waals surface area contributed by atoms with Crippen LogP contribution >= 0.6 is 0 Å². The van der Waals surface area contributed by atoms with Crippen LogP contribution in [0.25, 0.3) is 0 Å². The number of aryl methyl sites for hydroxylation is 1. The van der Waals surface area contributed by atoms with Gasteiger partial charge in [0, 0.05) is 18.5 Å². The molecule has 0 bridgehead atoms. The molecular weight excluding hydrogens is 276 g/mol. The first-order chi connectivity index (χ1) is 10.1. The quantitative estimate of drug-likeness (QED) is 0.909. The molecule has 1 aromatic carbocycles. The van der Waals surface area contributed by atoms with Crippen LogP contribution in [0.2, 0.25) is 0 Å². The van der Waals surface area contributed by atoms with Gasteiger partial charge in [0.2, 0.25) is 11.8 Å². The molecule has 1 rings (SSSR count). The van der Waals surface area contributed by atoms with Gasteiger partial charge in [-0.15, -0.1) is 0 Å². The van der Waals surface area contributed by atoms with Gasteiger partial charge in [-0.2, -0.15) is 0 Å². The highest BCUT2D eigenvalue weighted by molar-refractivity contribution is 5.87. The maximum atomic E-state index is 12.4. The van der Waals surface area contributed by atoms with E-state index < -0.39 is 6.04 Å². The summed E-state index contributed by atoms with van der Waals surface area (Å²) in [4.78, 5) is 26.2. The first-order valence-electron chi connectivity index (χ1n) is 7.81. The topological polar surface area (TPSA) is 49.4 Å². The number of hydrogen-bond acceptors (Lipinski definition) is 2. The summed E-state index contributed by atoms with van der Waals surface area (Å²) >= 11 is 0. The molecule has 0 saturated heterocycles. The molecule has 1 atom stereocenters. The molecule has 0 saturated carbocycles. The molecule has 0 aliphatic carbocycles. The van der Waals surface area contributed by atoms with Gasteiger partial charge in [-0.3, -0.25) is 9.59 Å². The number of carbonyl (C=O) groups is 2. The minimum atomic E-state index is -0.493. The molecule has 4 heteroatoms. The third-order valence-corrected chi connectivity index (χ3v) is 3.44. The van der Waals surface area contributed by atoms with Gasteiger partial charge < -0.3 is 10.2 Å². The molecule has 0 heterocycles. The second kappa shape index (κ2) is 7.43. The second-order valence-corrected chi connectivity index (χ2v) is 6.78. The number of nitrogens with zero attached hydrogens (tertiary/aromatic N) is 1. The summed E-state index contributed by atoms with van der Waals surface area (Å²) in [6, 6.07) is 7.54.